The van der Waals surface area contributed by atoms with Crippen molar-refractivity contribution in [3.8, 4) is 0 Å². The van der Waals surface area contributed by atoms with Gasteiger partial charge in [-0.15, -0.1) is 0 Å². The number of ketones is 1. The van der Waals surface area contributed by atoms with Crippen LogP contribution in [0.2, 0.25) is 5.04 Å². The fourth-order valence-electron chi connectivity index (χ4n) is 5.51. The first-order valence-electron chi connectivity index (χ1n) is 13.3. The highest BCUT2D eigenvalue weighted by molar-refractivity contribution is 6.99. The number of carbonyl (C=O) groups is 1. The van der Waals surface area contributed by atoms with Gasteiger partial charge in [0, 0.05) is 18.6 Å². The van der Waals surface area contributed by atoms with Crippen LogP contribution in [-0.2, 0) is 9.16 Å². The minimum absolute atomic E-state index is 0.00887. The minimum Gasteiger partial charge on any atom is -0.407 e. The Bertz CT molecular complexity index is 1060. The summed E-state index contributed by atoms with van der Waals surface area (Å²) in [5.74, 6) is 0.171. The van der Waals surface area contributed by atoms with Crippen molar-refractivity contribution >= 4 is 24.5 Å². The molecule has 1 heterocycles. The van der Waals surface area contributed by atoms with E-state index in [1.807, 2.05) is 31.2 Å². The van der Waals surface area contributed by atoms with Crippen molar-refractivity contribution < 1.29 is 14.0 Å². The van der Waals surface area contributed by atoms with E-state index in [2.05, 4.69) is 81.4 Å². The van der Waals surface area contributed by atoms with Crippen molar-refractivity contribution in [2.45, 2.75) is 77.0 Å². The van der Waals surface area contributed by atoms with Gasteiger partial charge in [0.15, 0.2) is 5.78 Å². The molecule has 0 aromatic heterocycles. The van der Waals surface area contributed by atoms with E-state index in [-0.39, 0.29) is 23.0 Å². The SMILES string of the molecule is Cc1ccc(C(=O)C[C@H]2CCC[C@@H](CCO[Si](c3ccccc3)(c3ccccc3)C(C)(C)C)O2)cc1. The first kappa shape index (κ1) is 26.5. The molecule has 190 valence electrons. The number of rotatable bonds is 9. The molecular formula is C32H40O3Si. The third kappa shape index (κ3) is 6.05. The molecular weight excluding hydrogens is 460 g/mol. The Balaban J connectivity index is 1.44. The molecule has 36 heavy (non-hydrogen) atoms. The predicted octanol–water partition coefficient (Wildman–Crippen LogP) is 6.47. The molecule has 1 saturated heterocycles. The Kier molecular flexibility index (Phi) is 8.61. The van der Waals surface area contributed by atoms with Crippen LogP contribution in [0.4, 0.5) is 0 Å². The Morgan fingerprint density at radius 2 is 1.42 bits per heavy atom. The van der Waals surface area contributed by atoms with E-state index in [0.29, 0.717) is 13.0 Å². The average Bonchev–Trinajstić information content (AvgIpc) is 2.87. The van der Waals surface area contributed by atoms with Crippen LogP contribution in [0.3, 0.4) is 0 Å². The van der Waals surface area contributed by atoms with E-state index in [1.165, 1.54) is 15.9 Å². The second kappa shape index (κ2) is 11.7. The van der Waals surface area contributed by atoms with Crippen molar-refractivity contribution in [2.24, 2.45) is 0 Å². The van der Waals surface area contributed by atoms with E-state index in [0.717, 1.165) is 31.2 Å². The van der Waals surface area contributed by atoms with Crippen LogP contribution in [0.15, 0.2) is 84.9 Å². The first-order valence-corrected chi connectivity index (χ1v) is 15.2. The zero-order valence-electron chi connectivity index (χ0n) is 22.2. The van der Waals surface area contributed by atoms with Crippen LogP contribution < -0.4 is 10.4 Å². The molecule has 0 spiro atoms. The van der Waals surface area contributed by atoms with Crippen LogP contribution in [0.5, 0.6) is 0 Å². The summed E-state index contributed by atoms with van der Waals surface area (Å²) in [4.78, 5) is 12.8. The van der Waals surface area contributed by atoms with Crippen LogP contribution in [0, 0.1) is 6.92 Å². The summed E-state index contributed by atoms with van der Waals surface area (Å²) >= 11 is 0. The van der Waals surface area contributed by atoms with Gasteiger partial charge in [-0.25, -0.2) is 0 Å². The molecule has 2 atom stereocenters. The number of hydrogen-bond acceptors (Lipinski definition) is 3. The maximum Gasteiger partial charge on any atom is 0.261 e. The lowest BCUT2D eigenvalue weighted by Crippen LogP contribution is -2.66. The summed E-state index contributed by atoms with van der Waals surface area (Å²) in [6.45, 7) is 9.61. The number of ether oxygens (including phenoxy) is 1. The zero-order valence-corrected chi connectivity index (χ0v) is 23.2. The largest absolute Gasteiger partial charge is 0.407 e. The molecule has 0 aliphatic carbocycles. The van der Waals surface area contributed by atoms with Crippen molar-refractivity contribution in [1.29, 1.82) is 0 Å². The van der Waals surface area contributed by atoms with Crippen LogP contribution in [-0.4, -0.2) is 32.9 Å². The van der Waals surface area contributed by atoms with Gasteiger partial charge < -0.3 is 9.16 Å². The van der Waals surface area contributed by atoms with E-state index in [9.17, 15) is 4.79 Å². The van der Waals surface area contributed by atoms with Gasteiger partial charge in [-0.05, 0) is 48.0 Å². The summed E-state index contributed by atoms with van der Waals surface area (Å²) < 4.78 is 13.5. The lowest BCUT2D eigenvalue weighted by atomic mass is 9.96. The quantitative estimate of drug-likeness (QED) is 0.249. The molecule has 1 aliphatic heterocycles. The first-order chi connectivity index (χ1) is 17.3. The topological polar surface area (TPSA) is 35.5 Å². The molecule has 1 aliphatic rings. The molecule has 3 aromatic carbocycles. The summed E-state index contributed by atoms with van der Waals surface area (Å²) in [5.41, 5.74) is 1.95. The monoisotopic (exact) mass is 500 g/mol. The number of hydrogen-bond donors (Lipinski definition) is 0. The standard InChI is InChI=1S/C32H40O3Si/c1-25-18-20-26(21-19-25)31(33)24-28-13-11-12-27(35-28)22-23-34-36(32(2,3)4,29-14-7-5-8-15-29)30-16-9-6-10-17-30/h5-10,14-21,27-28H,11-13,22-24H2,1-4H3/t27-,28+/m0/s1. The summed E-state index contributed by atoms with van der Waals surface area (Å²) in [5, 5.41) is 2.57. The molecule has 0 radical (unpaired) electrons. The molecule has 4 heteroatoms. The van der Waals surface area contributed by atoms with Gasteiger partial charge in [-0.2, -0.15) is 0 Å². The van der Waals surface area contributed by atoms with Gasteiger partial charge >= 0.3 is 0 Å². The zero-order chi connectivity index (χ0) is 25.6. The number of Topliss-reactive ketones (excluding diaryl/α,β-unsaturated/α-hetero) is 1. The summed E-state index contributed by atoms with van der Waals surface area (Å²) in [6, 6.07) is 29.4. The maximum absolute atomic E-state index is 12.8. The maximum atomic E-state index is 12.8. The molecule has 4 rings (SSSR count). The third-order valence-corrected chi connectivity index (χ3v) is 12.4. The van der Waals surface area contributed by atoms with Gasteiger partial charge in [0.2, 0.25) is 0 Å². The van der Waals surface area contributed by atoms with Gasteiger partial charge in [0.1, 0.15) is 0 Å². The summed E-state index contributed by atoms with van der Waals surface area (Å²) in [6.07, 6.45) is 4.49. The number of benzene rings is 3. The Hall–Kier alpha value is -2.53. The van der Waals surface area contributed by atoms with E-state index in [4.69, 9.17) is 9.16 Å². The van der Waals surface area contributed by atoms with Crippen molar-refractivity contribution in [3.63, 3.8) is 0 Å². The molecule has 0 unspecified atom stereocenters. The lowest BCUT2D eigenvalue weighted by molar-refractivity contribution is -0.0567. The normalized spacial score (nSPS) is 18.7. The van der Waals surface area contributed by atoms with Crippen molar-refractivity contribution in [2.75, 3.05) is 6.61 Å². The smallest absolute Gasteiger partial charge is 0.261 e. The minimum atomic E-state index is -2.54. The van der Waals surface area contributed by atoms with Crippen LogP contribution in [0.1, 0.15) is 68.8 Å². The average molecular weight is 501 g/mol. The van der Waals surface area contributed by atoms with Gasteiger partial charge in [-0.1, -0.05) is 111 Å². The van der Waals surface area contributed by atoms with Gasteiger partial charge in [0.05, 0.1) is 12.2 Å². The highest BCUT2D eigenvalue weighted by atomic mass is 28.4. The Morgan fingerprint density at radius 3 is 1.97 bits per heavy atom. The Labute approximate surface area is 218 Å². The fraction of sp³-hybridized carbons (Fsp3) is 0.406. The molecule has 3 aromatic rings. The lowest BCUT2D eigenvalue weighted by Gasteiger charge is -2.43. The van der Waals surface area contributed by atoms with E-state index < -0.39 is 8.32 Å². The molecule has 0 N–H and O–H groups in total. The third-order valence-electron chi connectivity index (χ3n) is 7.40. The van der Waals surface area contributed by atoms with Gasteiger partial charge in [0.25, 0.3) is 8.32 Å². The Morgan fingerprint density at radius 1 is 0.861 bits per heavy atom. The molecule has 1 fully saturated rings. The predicted molar refractivity (Wildman–Crippen MR) is 151 cm³/mol. The van der Waals surface area contributed by atoms with E-state index in [1.54, 1.807) is 0 Å². The van der Waals surface area contributed by atoms with Crippen molar-refractivity contribution in [1.82, 2.24) is 0 Å². The van der Waals surface area contributed by atoms with Crippen molar-refractivity contribution in [3.05, 3.63) is 96.1 Å². The molecule has 0 amide bonds. The molecule has 0 bridgehead atoms. The van der Waals surface area contributed by atoms with Crippen LogP contribution >= 0.6 is 0 Å². The highest BCUT2D eigenvalue weighted by Crippen LogP contribution is 2.37. The van der Waals surface area contributed by atoms with Crippen LogP contribution in [0.25, 0.3) is 0 Å². The second-order valence-electron chi connectivity index (χ2n) is 11.1. The highest BCUT2D eigenvalue weighted by Gasteiger charge is 2.50. The summed E-state index contributed by atoms with van der Waals surface area (Å²) in [7, 11) is -2.54. The number of aryl methyl sites for hydroxylation is 1. The second-order valence-corrected chi connectivity index (χ2v) is 15.4. The molecule has 0 saturated carbocycles. The number of carbonyl (C=O) groups excluding carboxylic acids is 1. The van der Waals surface area contributed by atoms with Gasteiger partial charge in [-0.3, -0.25) is 4.79 Å². The fourth-order valence-corrected chi connectivity index (χ4v) is 10.1. The van der Waals surface area contributed by atoms with E-state index >= 15 is 0 Å². The molecule has 3 nitrogen and oxygen atoms in total.